The van der Waals surface area contributed by atoms with Crippen molar-refractivity contribution >= 4 is 29.3 Å². The summed E-state index contributed by atoms with van der Waals surface area (Å²) < 4.78 is 29.7. The van der Waals surface area contributed by atoms with E-state index in [1.165, 1.54) is 17.7 Å². The molecule has 7 rings (SSSR count). The Bertz CT molecular complexity index is 1540. The molecule has 1 aromatic heterocycles. The number of halogens is 3. The Morgan fingerprint density at radius 1 is 0.897 bits per heavy atom. The van der Waals surface area contributed by atoms with Crippen molar-refractivity contribution in [3.8, 4) is 5.69 Å². The van der Waals surface area contributed by atoms with Crippen LogP contribution >= 0.6 is 23.2 Å². The van der Waals surface area contributed by atoms with Crippen LogP contribution in [0.5, 0.6) is 0 Å². The first-order valence-electron chi connectivity index (χ1n) is 13.3. The van der Waals surface area contributed by atoms with Gasteiger partial charge in [0, 0.05) is 33.0 Å². The van der Waals surface area contributed by atoms with Gasteiger partial charge in [0.15, 0.2) is 5.79 Å². The van der Waals surface area contributed by atoms with Gasteiger partial charge in [-0.25, -0.2) is 9.07 Å². The van der Waals surface area contributed by atoms with Gasteiger partial charge in [0.25, 0.3) is 0 Å². The number of ether oxygens (including phenoxy) is 2. The minimum atomic E-state index is -0.875. The van der Waals surface area contributed by atoms with E-state index in [0.29, 0.717) is 16.5 Å². The normalized spacial score (nSPS) is 25.3. The lowest BCUT2D eigenvalue weighted by Gasteiger charge is -2.51. The van der Waals surface area contributed by atoms with Crippen molar-refractivity contribution in [3.63, 3.8) is 0 Å². The number of benzene rings is 3. The molecule has 3 aromatic carbocycles. The first-order valence-corrected chi connectivity index (χ1v) is 14.0. The topological polar surface area (TPSA) is 36.3 Å². The molecule has 2 aliphatic carbocycles. The predicted octanol–water partition coefficient (Wildman–Crippen LogP) is 8.67. The van der Waals surface area contributed by atoms with Crippen molar-refractivity contribution in [3.05, 3.63) is 123 Å². The quantitative estimate of drug-likeness (QED) is 0.251. The molecule has 1 aliphatic heterocycles. The van der Waals surface area contributed by atoms with Crippen LogP contribution in [-0.4, -0.2) is 15.6 Å². The number of nitrogens with zero attached hydrogens (tertiary/aromatic N) is 2. The maximum atomic E-state index is 13.6. The standard InChI is InChI=1S/C32H27Cl2FN2O2/c1-31-18-20-19-36-37(23-14-12-22(35)13-15-23)28(20)17-21(31)7-6-16-32(31)38-29(24-8-2-4-10-26(24)33)30(39-32)25-9-3-5-11-27(25)34/h2-5,8-15,17,19,29-30H,6-7,16,18H2,1H3/t29-,30-,31?/m0/s1. The van der Waals surface area contributed by atoms with Gasteiger partial charge in [-0.15, -0.1) is 0 Å². The van der Waals surface area contributed by atoms with Crippen LogP contribution in [0.2, 0.25) is 10.0 Å². The fourth-order valence-corrected chi connectivity index (χ4v) is 7.09. The van der Waals surface area contributed by atoms with Gasteiger partial charge < -0.3 is 9.47 Å². The molecule has 2 heterocycles. The fourth-order valence-electron chi connectivity index (χ4n) is 6.61. The van der Waals surface area contributed by atoms with E-state index < -0.39 is 23.4 Å². The average molecular weight is 561 g/mol. The Kier molecular flexibility index (Phi) is 5.98. The highest BCUT2D eigenvalue weighted by atomic mass is 35.5. The van der Waals surface area contributed by atoms with E-state index in [-0.39, 0.29) is 5.82 Å². The van der Waals surface area contributed by atoms with Gasteiger partial charge in [-0.05, 0) is 67.3 Å². The lowest BCUT2D eigenvalue weighted by molar-refractivity contribution is -0.249. The van der Waals surface area contributed by atoms with E-state index in [1.54, 1.807) is 12.1 Å². The lowest BCUT2D eigenvalue weighted by Crippen LogP contribution is -2.53. The van der Waals surface area contributed by atoms with Crippen LogP contribution < -0.4 is 0 Å². The Balaban J connectivity index is 1.33. The van der Waals surface area contributed by atoms with Crippen LogP contribution in [-0.2, 0) is 15.9 Å². The summed E-state index contributed by atoms with van der Waals surface area (Å²) in [7, 11) is 0. The predicted molar refractivity (Wildman–Crippen MR) is 150 cm³/mol. The summed E-state index contributed by atoms with van der Waals surface area (Å²) in [5, 5.41) is 5.97. The first-order chi connectivity index (χ1) is 18.9. The lowest BCUT2D eigenvalue weighted by atomic mass is 9.62. The number of fused-ring (bicyclic) bond motifs is 3. The monoisotopic (exact) mass is 560 g/mol. The smallest absolute Gasteiger partial charge is 0.179 e. The van der Waals surface area contributed by atoms with Crippen molar-refractivity contribution < 1.29 is 13.9 Å². The second-order valence-corrected chi connectivity index (χ2v) is 11.7. The molecular formula is C32H27Cl2FN2O2. The van der Waals surface area contributed by atoms with Crippen LogP contribution in [0, 0.1) is 11.2 Å². The fraction of sp³-hybridized carbons (Fsp3) is 0.281. The Morgan fingerprint density at radius 2 is 1.51 bits per heavy atom. The SMILES string of the molecule is CC12Cc3cnn(-c4ccc(F)cc4)c3C=C1CCCC21O[C@@H](c2ccccc2Cl)[C@H](c2ccccc2Cl)O1. The number of rotatable bonds is 3. The van der Waals surface area contributed by atoms with E-state index in [9.17, 15) is 4.39 Å². The van der Waals surface area contributed by atoms with Gasteiger partial charge in [0.2, 0.25) is 0 Å². The Morgan fingerprint density at radius 3 is 2.13 bits per heavy atom. The molecule has 7 heteroatoms. The van der Waals surface area contributed by atoms with Crippen LogP contribution in [0.3, 0.4) is 0 Å². The van der Waals surface area contributed by atoms with Crippen LogP contribution in [0.15, 0.2) is 84.6 Å². The van der Waals surface area contributed by atoms with E-state index in [0.717, 1.165) is 47.3 Å². The molecule has 1 saturated heterocycles. The second-order valence-electron chi connectivity index (χ2n) is 10.8. The van der Waals surface area contributed by atoms with Crippen molar-refractivity contribution in [2.45, 2.75) is 50.6 Å². The highest BCUT2D eigenvalue weighted by molar-refractivity contribution is 6.31. The molecule has 0 amide bonds. The molecule has 1 spiro atoms. The molecule has 0 N–H and O–H groups in total. The molecular weight excluding hydrogens is 534 g/mol. The third kappa shape index (κ3) is 3.90. The number of hydrogen-bond acceptors (Lipinski definition) is 3. The third-order valence-corrected chi connectivity index (χ3v) is 9.34. The first kappa shape index (κ1) is 25.0. The minimum absolute atomic E-state index is 0.267. The van der Waals surface area contributed by atoms with Crippen LogP contribution in [0.1, 0.15) is 60.8 Å². The Hall–Kier alpha value is -2.96. The van der Waals surface area contributed by atoms with Crippen LogP contribution in [0.4, 0.5) is 4.39 Å². The minimum Gasteiger partial charge on any atom is -0.338 e. The van der Waals surface area contributed by atoms with E-state index in [2.05, 4.69) is 18.1 Å². The van der Waals surface area contributed by atoms with Gasteiger partial charge >= 0.3 is 0 Å². The van der Waals surface area contributed by atoms with Crippen LogP contribution in [0.25, 0.3) is 11.8 Å². The molecule has 3 aliphatic rings. The second kappa shape index (κ2) is 9.31. The maximum absolute atomic E-state index is 13.6. The molecule has 198 valence electrons. The van der Waals surface area contributed by atoms with E-state index >= 15 is 0 Å². The van der Waals surface area contributed by atoms with E-state index in [1.807, 2.05) is 59.4 Å². The summed E-state index contributed by atoms with van der Waals surface area (Å²) in [6.45, 7) is 2.24. The molecule has 1 unspecified atom stereocenters. The zero-order valence-corrected chi connectivity index (χ0v) is 22.9. The highest BCUT2D eigenvalue weighted by Crippen LogP contribution is 2.63. The van der Waals surface area contributed by atoms with Gasteiger partial charge in [-0.2, -0.15) is 5.10 Å². The van der Waals surface area contributed by atoms with Crippen molar-refractivity contribution in [2.24, 2.45) is 5.41 Å². The van der Waals surface area contributed by atoms with E-state index in [4.69, 9.17) is 32.7 Å². The van der Waals surface area contributed by atoms with Crippen molar-refractivity contribution in [1.29, 1.82) is 0 Å². The number of aromatic nitrogens is 2. The molecule has 4 nitrogen and oxygen atoms in total. The summed E-state index contributed by atoms with van der Waals surface area (Å²) in [6.07, 6.45) is 6.63. The molecule has 3 atom stereocenters. The molecule has 0 bridgehead atoms. The molecule has 0 radical (unpaired) electrons. The summed E-state index contributed by atoms with van der Waals surface area (Å²) in [5.74, 6) is -1.14. The highest BCUT2D eigenvalue weighted by Gasteiger charge is 2.62. The van der Waals surface area contributed by atoms with Gasteiger partial charge in [0.1, 0.15) is 18.0 Å². The van der Waals surface area contributed by atoms with Gasteiger partial charge in [0.05, 0.1) is 17.6 Å². The molecule has 4 aromatic rings. The summed E-state index contributed by atoms with van der Waals surface area (Å²) in [5.41, 5.74) is 5.58. The van der Waals surface area contributed by atoms with Gasteiger partial charge in [-0.1, -0.05) is 72.1 Å². The largest absolute Gasteiger partial charge is 0.338 e. The molecule has 2 fully saturated rings. The molecule has 39 heavy (non-hydrogen) atoms. The number of hydrogen-bond donors (Lipinski definition) is 0. The zero-order valence-electron chi connectivity index (χ0n) is 21.4. The Labute approximate surface area is 237 Å². The van der Waals surface area contributed by atoms with Gasteiger partial charge in [-0.3, -0.25) is 0 Å². The summed E-state index contributed by atoms with van der Waals surface area (Å²) >= 11 is 13.4. The maximum Gasteiger partial charge on any atom is 0.179 e. The zero-order chi connectivity index (χ0) is 26.8. The van der Waals surface area contributed by atoms with Crippen molar-refractivity contribution in [1.82, 2.24) is 9.78 Å². The third-order valence-electron chi connectivity index (χ3n) is 8.65. The molecule has 1 saturated carbocycles. The summed E-state index contributed by atoms with van der Waals surface area (Å²) in [4.78, 5) is 0. The summed E-state index contributed by atoms with van der Waals surface area (Å²) in [6, 6.07) is 22.0. The average Bonchev–Trinajstić information content (AvgIpc) is 3.51. The van der Waals surface area contributed by atoms with Crippen molar-refractivity contribution in [2.75, 3.05) is 0 Å².